The zero-order chi connectivity index (χ0) is 15.1. The molecule has 6 nitrogen and oxygen atoms in total. The van der Waals surface area contributed by atoms with Gasteiger partial charge >= 0.3 is 0 Å². The van der Waals surface area contributed by atoms with Gasteiger partial charge in [-0.1, -0.05) is 42.1 Å². The van der Waals surface area contributed by atoms with Gasteiger partial charge in [0, 0.05) is 6.04 Å². The van der Waals surface area contributed by atoms with Crippen LogP contribution in [0.3, 0.4) is 0 Å². The van der Waals surface area contributed by atoms with Crippen LogP contribution in [0.25, 0.3) is 0 Å². The van der Waals surface area contributed by atoms with Crippen LogP contribution in [0.1, 0.15) is 18.9 Å². The van der Waals surface area contributed by atoms with Gasteiger partial charge in [0.1, 0.15) is 0 Å². The van der Waals surface area contributed by atoms with Gasteiger partial charge in [-0.15, -0.1) is 5.10 Å². The Hall–Kier alpha value is -2.02. The van der Waals surface area contributed by atoms with E-state index >= 15 is 0 Å². The van der Waals surface area contributed by atoms with Gasteiger partial charge in [-0.2, -0.15) is 4.98 Å². The maximum Gasteiger partial charge on any atom is 0.230 e. The lowest BCUT2D eigenvalue weighted by molar-refractivity contribution is -0.119. The van der Waals surface area contributed by atoms with Crippen LogP contribution in [0.5, 0.6) is 0 Å². The lowest BCUT2D eigenvalue weighted by atomic mass is 10.1. The van der Waals surface area contributed by atoms with Crippen molar-refractivity contribution in [2.75, 3.05) is 11.5 Å². The summed E-state index contributed by atoms with van der Waals surface area (Å²) >= 11 is 1.26. The number of carbonyl (C=O) groups excluding carboxylic acids is 1. The number of aromatic amines is 1. The zero-order valence-electron chi connectivity index (χ0n) is 11.9. The number of benzene rings is 1. The molecule has 1 atom stereocenters. The zero-order valence-corrected chi connectivity index (χ0v) is 12.7. The topological polar surface area (TPSA) is 96.7 Å². The largest absolute Gasteiger partial charge is 0.368 e. The van der Waals surface area contributed by atoms with Crippen LogP contribution in [0, 0.1) is 0 Å². The number of H-pyrrole nitrogens is 1. The average molecular weight is 305 g/mol. The number of nitrogens with two attached hydrogens (primary N) is 1. The molecule has 0 aliphatic heterocycles. The van der Waals surface area contributed by atoms with Crippen LogP contribution in [-0.2, 0) is 11.2 Å². The highest BCUT2D eigenvalue weighted by Gasteiger charge is 2.10. The fourth-order valence-corrected chi connectivity index (χ4v) is 2.49. The number of thioether (sulfide) groups is 1. The standard InChI is InChI=1S/C14H19N5OS/c1-10(7-8-11-5-3-2-4-6-11)16-12(20)9-21-14-17-13(15)18-19-14/h2-6,10H,7-9H2,1H3,(H,16,20)(H3,15,17,18,19). The summed E-state index contributed by atoms with van der Waals surface area (Å²) in [6, 6.07) is 10.4. The molecule has 0 spiro atoms. The molecule has 0 aliphatic rings. The maximum absolute atomic E-state index is 11.8. The second kappa shape index (κ2) is 7.68. The van der Waals surface area contributed by atoms with Crippen molar-refractivity contribution in [3.8, 4) is 0 Å². The average Bonchev–Trinajstić information content (AvgIpc) is 2.90. The number of nitrogens with zero attached hydrogens (tertiary/aromatic N) is 2. The summed E-state index contributed by atoms with van der Waals surface area (Å²) in [7, 11) is 0. The van der Waals surface area contributed by atoms with Gasteiger partial charge in [0.05, 0.1) is 5.75 Å². The van der Waals surface area contributed by atoms with Crippen molar-refractivity contribution < 1.29 is 4.79 Å². The Morgan fingerprint density at radius 1 is 1.43 bits per heavy atom. The van der Waals surface area contributed by atoms with Crippen LogP contribution < -0.4 is 11.1 Å². The number of amides is 1. The first kappa shape index (κ1) is 15.4. The first-order valence-electron chi connectivity index (χ1n) is 6.77. The van der Waals surface area contributed by atoms with Crippen molar-refractivity contribution in [3.05, 3.63) is 35.9 Å². The smallest absolute Gasteiger partial charge is 0.230 e. The fraction of sp³-hybridized carbons (Fsp3) is 0.357. The number of carbonyl (C=O) groups is 1. The van der Waals surface area contributed by atoms with Crippen molar-refractivity contribution in [2.24, 2.45) is 0 Å². The van der Waals surface area contributed by atoms with Crippen LogP contribution >= 0.6 is 11.8 Å². The summed E-state index contributed by atoms with van der Waals surface area (Å²) in [6.45, 7) is 2.01. The Morgan fingerprint density at radius 3 is 2.86 bits per heavy atom. The molecule has 0 fully saturated rings. The number of aromatic nitrogens is 3. The number of anilines is 1. The highest BCUT2D eigenvalue weighted by Crippen LogP contribution is 2.12. The normalized spacial score (nSPS) is 12.0. The van der Waals surface area contributed by atoms with Gasteiger partial charge < -0.3 is 11.1 Å². The van der Waals surface area contributed by atoms with Gasteiger partial charge in [-0.05, 0) is 25.3 Å². The second-order valence-electron chi connectivity index (χ2n) is 4.78. The molecule has 4 N–H and O–H groups in total. The van der Waals surface area contributed by atoms with E-state index in [2.05, 4.69) is 32.6 Å². The molecule has 2 aromatic rings. The Balaban J connectivity index is 1.67. The highest BCUT2D eigenvalue weighted by molar-refractivity contribution is 7.99. The molecule has 0 radical (unpaired) electrons. The maximum atomic E-state index is 11.8. The monoisotopic (exact) mass is 305 g/mol. The summed E-state index contributed by atoms with van der Waals surface area (Å²) in [5.41, 5.74) is 6.70. The van der Waals surface area contributed by atoms with Crippen LogP contribution in [-0.4, -0.2) is 32.9 Å². The molecule has 1 aromatic heterocycles. The summed E-state index contributed by atoms with van der Waals surface area (Å²) in [5, 5.41) is 9.86. The van der Waals surface area contributed by atoms with E-state index in [1.54, 1.807) is 0 Å². The van der Waals surface area contributed by atoms with Crippen molar-refractivity contribution in [3.63, 3.8) is 0 Å². The van der Waals surface area contributed by atoms with Crippen LogP contribution in [0.15, 0.2) is 35.5 Å². The molecule has 1 amide bonds. The molecular weight excluding hydrogens is 286 g/mol. The number of hydrogen-bond donors (Lipinski definition) is 3. The molecular formula is C14H19N5OS. The third kappa shape index (κ3) is 5.47. The quantitative estimate of drug-likeness (QED) is 0.675. The molecule has 0 aliphatic carbocycles. The predicted octanol–water partition coefficient (Wildman–Crippen LogP) is 1.62. The van der Waals surface area contributed by atoms with E-state index in [1.807, 2.05) is 25.1 Å². The van der Waals surface area contributed by atoms with Crippen molar-refractivity contribution in [1.82, 2.24) is 20.5 Å². The van der Waals surface area contributed by atoms with Crippen LogP contribution in [0.4, 0.5) is 5.95 Å². The molecule has 1 heterocycles. The Labute approximate surface area is 127 Å². The van der Waals surface area contributed by atoms with Crippen molar-refractivity contribution in [2.45, 2.75) is 31.0 Å². The summed E-state index contributed by atoms with van der Waals surface area (Å²) < 4.78 is 0. The van der Waals surface area contributed by atoms with Crippen molar-refractivity contribution >= 4 is 23.6 Å². The number of aryl methyl sites for hydroxylation is 1. The Kier molecular flexibility index (Phi) is 5.62. The van der Waals surface area contributed by atoms with Gasteiger partial charge in [0.25, 0.3) is 0 Å². The minimum Gasteiger partial charge on any atom is -0.368 e. The second-order valence-corrected chi connectivity index (χ2v) is 5.73. The molecule has 0 bridgehead atoms. The minimum absolute atomic E-state index is 0.0241. The molecule has 21 heavy (non-hydrogen) atoms. The summed E-state index contributed by atoms with van der Waals surface area (Å²) in [6.07, 6.45) is 1.86. The van der Waals surface area contributed by atoms with E-state index in [9.17, 15) is 4.79 Å². The third-order valence-corrected chi connectivity index (χ3v) is 3.78. The molecule has 1 unspecified atom stereocenters. The molecule has 7 heteroatoms. The first-order chi connectivity index (χ1) is 10.1. The van der Waals surface area contributed by atoms with Gasteiger partial charge in [-0.3, -0.25) is 4.79 Å². The minimum atomic E-state index is -0.0241. The molecule has 1 aromatic carbocycles. The number of rotatable bonds is 7. The highest BCUT2D eigenvalue weighted by atomic mass is 32.2. The Bertz CT molecular complexity index is 572. The molecule has 2 rings (SSSR count). The van der Waals surface area contributed by atoms with Crippen LogP contribution in [0.2, 0.25) is 0 Å². The lowest BCUT2D eigenvalue weighted by Crippen LogP contribution is -2.34. The third-order valence-electron chi connectivity index (χ3n) is 2.93. The molecule has 0 saturated carbocycles. The van der Waals surface area contributed by atoms with Crippen molar-refractivity contribution in [1.29, 1.82) is 0 Å². The van der Waals surface area contributed by atoms with E-state index in [0.717, 1.165) is 12.8 Å². The van der Waals surface area contributed by atoms with E-state index in [1.165, 1.54) is 17.3 Å². The summed E-state index contributed by atoms with van der Waals surface area (Å²) in [4.78, 5) is 15.7. The van der Waals surface area contributed by atoms with E-state index in [-0.39, 0.29) is 23.7 Å². The summed E-state index contributed by atoms with van der Waals surface area (Å²) in [5.74, 6) is 0.519. The lowest BCUT2D eigenvalue weighted by Gasteiger charge is -2.13. The van der Waals surface area contributed by atoms with Gasteiger partial charge in [0.2, 0.25) is 17.0 Å². The Morgan fingerprint density at radius 2 is 2.19 bits per heavy atom. The number of hydrogen-bond acceptors (Lipinski definition) is 5. The van der Waals surface area contributed by atoms with E-state index in [0.29, 0.717) is 5.16 Å². The fourth-order valence-electron chi connectivity index (χ4n) is 1.87. The van der Waals surface area contributed by atoms with Gasteiger partial charge in [-0.25, -0.2) is 5.10 Å². The molecule has 112 valence electrons. The van der Waals surface area contributed by atoms with E-state index < -0.39 is 0 Å². The number of nitrogen functional groups attached to an aromatic ring is 1. The van der Waals surface area contributed by atoms with Gasteiger partial charge in [0.15, 0.2) is 0 Å². The molecule has 0 saturated heterocycles. The predicted molar refractivity (Wildman–Crippen MR) is 83.9 cm³/mol. The van der Waals surface area contributed by atoms with E-state index in [4.69, 9.17) is 5.73 Å². The SMILES string of the molecule is CC(CCc1ccccc1)NC(=O)CSc1n[nH]c(N)n1. The first-order valence-corrected chi connectivity index (χ1v) is 7.76. The number of nitrogens with one attached hydrogen (secondary N) is 2.